The molecule has 4 heteroatoms. The monoisotopic (exact) mass is 178 g/mol. The highest BCUT2D eigenvalue weighted by atomic mass is 16.5. The third kappa shape index (κ3) is 2.02. The number of nitrogens with zero attached hydrogens (tertiary/aromatic N) is 2. The van der Waals surface area contributed by atoms with Gasteiger partial charge in [-0.05, 0) is 25.8 Å². The van der Waals surface area contributed by atoms with Gasteiger partial charge in [0.2, 0.25) is 0 Å². The highest BCUT2D eigenvalue weighted by Crippen LogP contribution is 2.24. The Morgan fingerprint density at radius 3 is 3.00 bits per heavy atom. The normalized spacial score (nSPS) is 15.5. The largest absolute Gasteiger partial charge is 0.458 e. The van der Waals surface area contributed by atoms with Crippen LogP contribution in [0.1, 0.15) is 29.2 Å². The van der Waals surface area contributed by atoms with Gasteiger partial charge >= 0.3 is 5.97 Å². The van der Waals surface area contributed by atoms with Crippen molar-refractivity contribution in [2.45, 2.75) is 25.9 Å². The van der Waals surface area contributed by atoms with E-state index in [1.54, 1.807) is 19.2 Å². The lowest BCUT2D eigenvalue weighted by Crippen LogP contribution is -2.09. The van der Waals surface area contributed by atoms with E-state index in [0.717, 1.165) is 12.8 Å². The van der Waals surface area contributed by atoms with E-state index in [4.69, 9.17) is 4.74 Å². The van der Waals surface area contributed by atoms with Crippen LogP contribution in [0, 0.1) is 6.92 Å². The number of hydrogen-bond donors (Lipinski definition) is 0. The van der Waals surface area contributed by atoms with Gasteiger partial charge in [-0.1, -0.05) is 0 Å². The summed E-state index contributed by atoms with van der Waals surface area (Å²) in [5, 5.41) is 0. The van der Waals surface area contributed by atoms with Crippen LogP contribution in [-0.2, 0) is 4.74 Å². The highest BCUT2D eigenvalue weighted by molar-refractivity contribution is 5.87. The minimum absolute atomic E-state index is 0.128. The third-order valence-corrected chi connectivity index (χ3v) is 1.78. The van der Waals surface area contributed by atoms with Gasteiger partial charge in [0.25, 0.3) is 0 Å². The first-order valence-electron chi connectivity index (χ1n) is 4.26. The maximum absolute atomic E-state index is 11.3. The Morgan fingerprint density at radius 2 is 2.38 bits per heavy atom. The fourth-order valence-electron chi connectivity index (χ4n) is 0.968. The summed E-state index contributed by atoms with van der Waals surface area (Å²) in [5.74, 6) is 0.248. The standard InChI is InChI=1S/C9H10N2O2/c1-6-10-5-4-8(11-6)9(12)13-7-2-3-7/h4-5,7H,2-3H2,1H3. The van der Waals surface area contributed by atoms with Crippen LogP contribution < -0.4 is 0 Å². The summed E-state index contributed by atoms with van der Waals surface area (Å²) in [7, 11) is 0. The predicted octanol–water partition coefficient (Wildman–Crippen LogP) is 1.10. The first kappa shape index (κ1) is 8.16. The van der Waals surface area contributed by atoms with Gasteiger partial charge in [0.05, 0.1) is 0 Å². The second-order valence-electron chi connectivity index (χ2n) is 3.09. The summed E-state index contributed by atoms with van der Waals surface area (Å²) in [6.07, 6.45) is 3.65. The van der Waals surface area contributed by atoms with Crippen molar-refractivity contribution < 1.29 is 9.53 Å². The van der Waals surface area contributed by atoms with Gasteiger partial charge in [0, 0.05) is 6.20 Å². The van der Waals surface area contributed by atoms with Gasteiger partial charge in [-0.25, -0.2) is 14.8 Å². The quantitative estimate of drug-likeness (QED) is 0.636. The van der Waals surface area contributed by atoms with Crippen molar-refractivity contribution >= 4 is 5.97 Å². The molecule has 1 saturated carbocycles. The minimum Gasteiger partial charge on any atom is -0.458 e. The van der Waals surface area contributed by atoms with E-state index in [9.17, 15) is 4.79 Å². The van der Waals surface area contributed by atoms with E-state index >= 15 is 0 Å². The molecule has 0 saturated heterocycles. The zero-order valence-corrected chi connectivity index (χ0v) is 7.36. The molecule has 1 aromatic heterocycles. The van der Waals surface area contributed by atoms with Crippen LogP contribution in [0.25, 0.3) is 0 Å². The van der Waals surface area contributed by atoms with Crippen molar-refractivity contribution in [1.29, 1.82) is 0 Å². The average molecular weight is 178 g/mol. The summed E-state index contributed by atoms with van der Waals surface area (Å²) in [6.45, 7) is 1.74. The zero-order valence-electron chi connectivity index (χ0n) is 7.36. The third-order valence-electron chi connectivity index (χ3n) is 1.78. The maximum atomic E-state index is 11.3. The Kier molecular flexibility index (Phi) is 1.96. The summed E-state index contributed by atoms with van der Waals surface area (Å²) in [4.78, 5) is 19.2. The summed E-state index contributed by atoms with van der Waals surface area (Å²) in [6, 6.07) is 1.57. The van der Waals surface area contributed by atoms with Gasteiger partial charge in [-0.3, -0.25) is 0 Å². The number of hydrogen-bond acceptors (Lipinski definition) is 4. The Morgan fingerprint density at radius 1 is 1.62 bits per heavy atom. The van der Waals surface area contributed by atoms with Crippen LogP contribution in [0.5, 0.6) is 0 Å². The fourth-order valence-corrected chi connectivity index (χ4v) is 0.968. The average Bonchev–Trinajstić information content (AvgIpc) is 2.88. The van der Waals surface area contributed by atoms with Gasteiger partial charge in [0.15, 0.2) is 5.69 Å². The van der Waals surface area contributed by atoms with Crippen LogP contribution in [-0.4, -0.2) is 22.0 Å². The van der Waals surface area contributed by atoms with Crippen molar-refractivity contribution in [2.24, 2.45) is 0 Å². The number of aromatic nitrogens is 2. The van der Waals surface area contributed by atoms with E-state index in [0.29, 0.717) is 11.5 Å². The molecule has 4 nitrogen and oxygen atoms in total. The van der Waals surface area contributed by atoms with Gasteiger partial charge < -0.3 is 4.74 Å². The Balaban J connectivity index is 2.09. The number of carbonyl (C=O) groups excluding carboxylic acids is 1. The first-order chi connectivity index (χ1) is 6.25. The molecule has 13 heavy (non-hydrogen) atoms. The van der Waals surface area contributed by atoms with Crippen molar-refractivity contribution in [3.8, 4) is 0 Å². The second kappa shape index (κ2) is 3.12. The molecule has 1 aromatic rings. The second-order valence-corrected chi connectivity index (χ2v) is 3.09. The Bertz CT molecular complexity index is 334. The SMILES string of the molecule is Cc1nccc(C(=O)OC2CC2)n1. The molecule has 0 bridgehead atoms. The number of carbonyl (C=O) groups is 1. The number of esters is 1. The smallest absolute Gasteiger partial charge is 0.357 e. The summed E-state index contributed by atoms with van der Waals surface area (Å²) >= 11 is 0. The molecule has 68 valence electrons. The van der Waals surface area contributed by atoms with E-state index in [1.807, 2.05) is 0 Å². The number of ether oxygens (including phenoxy) is 1. The van der Waals surface area contributed by atoms with Crippen LogP contribution >= 0.6 is 0 Å². The molecule has 1 aliphatic rings. The van der Waals surface area contributed by atoms with Crippen LogP contribution in [0.15, 0.2) is 12.3 Å². The van der Waals surface area contributed by atoms with Gasteiger partial charge in [0.1, 0.15) is 11.9 Å². The van der Waals surface area contributed by atoms with E-state index in [-0.39, 0.29) is 12.1 Å². The van der Waals surface area contributed by atoms with E-state index in [1.165, 1.54) is 0 Å². The molecule has 2 rings (SSSR count). The Labute approximate surface area is 76.0 Å². The molecular formula is C9H10N2O2. The maximum Gasteiger partial charge on any atom is 0.357 e. The first-order valence-corrected chi connectivity index (χ1v) is 4.26. The molecule has 0 unspecified atom stereocenters. The van der Waals surface area contributed by atoms with Crippen molar-refractivity contribution in [1.82, 2.24) is 9.97 Å². The molecule has 0 radical (unpaired) electrons. The molecule has 0 spiro atoms. The molecule has 1 aliphatic carbocycles. The molecule has 0 N–H and O–H groups in total. The van der Waals surface area contributed by atoms with Gasteiger partial charge in [-0.15, -0.1) is 0 Å². The molecule has 0 atom stereocenters. The van der Waals surface area contributed by atoms with Crippen molar-refractivity contribution in [2.75, 3.05) is 0 Å². The zero-order chi connectivity index (χ0) is 9.26. The fraction of sp³-hybridized carbons (Fsp3) is 0.444. The molecule has 0 amide bonds. The van der Waals surface area contributed by atoms with Gasteiger partial charge in [-0.2, -0.15) is 0 Å². The summed E-state index contributed by atoms with van der Waals surface area (Å²) < 4.78 is 5.07. The van der Waals surface area contributed by atoms with Crippen LogP contribution in [0.2, 0.25) is 0 Å². The molecule has 0 aromatic carbocycles. The van der Waals surface area contributed by atoms with Crippen LogP contribution in [0.4, 0.5) is 0 Å². The lowest BCUT2D eigenvalue weighted by Gasteiger charge is -2.01. The topological polar surface area (TPSA) is 52.1 Å². The van der Waals surface area contributed by atoms with Crippen LogP contribution in [0.3, 0.4) is 0 Å². The number of rotatable bonds is 2. The molecule has 0 aliphatic heterocycles. The lowest BCUT2D eigenvalue weighted by atomic mass is 10.4. The minimum atomic E-state index is -0.340. The molecule has 1 heterocycles. The molecule has 1 fully saturated rings. The lowest BCUT2D eigenvalue weighted by molar-refractivity contribution is 0.0465. The Hall–Kier alpha value is -1.45. The van der Waals surface area contributed by atoms with E-state index in [2.05, 4.69) is 9.97 Å². The van der Waals surface area contributed by atoms with Crippen molar-refractivity contribution in [3.05, 3.63) is 23.8 Å². The highest BCUT2D eigenvalue weighted by Gasteiger charge is 2.26. The van der Waals surface area contributed by atoms with Crippen molar-refractivity contribution in [3.63, 3.8) is 0 Å². The molecular weight excluding hydrogens is 168 g/mol. The summed E-state index contributed by atoms with van der Waals surface area (Å²) in [5.41, 5.74) is 0.347. The number of aryl methyl sites for hydroxylation is 1. The predicted molar refractivity (Wildman–Crippen MR) is 45.2 cm³/mol. The van der Waals surface area contributed by atoms with E-state index < -0.39 is 0 Å².